The Morgan fingerprint density at radius 3 is 2.84 bits per heavy atom. The summed E-state index contributed by atoms with van der Waals surface area (Å²) in [5.74, 6) is 1.45. The minimum Gasteiger partial charge on any atom is -0.354 e. The SMILES string of the molecule is CCNc1ncc([N+](=O)[O-])c(N(C)CC2CCC2)n1. The van der Waals surface area contributed by atoms with Crippen molar-refractivity contribution in [3.8, 4) is 0 Å². The fourth-order valence-corrected chi connectivity index (χ4v) is 2.17. The Bertz CT molecular complexity index is 461. The molecule has 7 nitrogen and oxygen atoms in total. The van der Waals surface area contributed by atoms with Gasteiger partial charge in [-0.2, -0.15) is 4.98 Å². The first-order chi connectivity index (χ1) is 9.11. The van der Waals surface area contributed by atoms with Crippen LogP contribution in [0.4, 0.5) is 17.5 Å². The first-order valence-corrected chi connectivity index (χ1v) is 6.58. The van der Waals surface area contributed by atoms with E-state index in [1.807, 2.05) is 18.9 Å². The molecule has 0 spiro atoms. The molecule has 1 fully saturated rings. The maximum absolute atomic E-state index is 11.0. The summed E-state index contributed by atoms with van der Waals surface area (Å²) in [5.41, 5.74) is -0.0384. The number of hydrogen-bond donors (Lipinski definition) is 1. The second kappa shape index (κ2) is 5.81. The number of nitrogens with zero attached hydrogens (tertiary/aromatic N) is 4. The van der Waals surface area contributed by atoms with Crippen LogP contribution in [-0.2, 0) is 0 Å². The molecule has 1 aromatic heterocycles. The number of anilines is 2. The molecule has 1 saturated carbocycles. The monoisotopic (exact) mass is 265 g/mol. The Labute approximate surface area is 112 Å². The maximum Gasteiger partial charge on any atom is 0.329 e. The van der Waals surface area contributed by atoms with Crippen molar-refractivity contribution in [3.05, 3.63) is 16.3 Å². The Balaban J connectivity index is 2.22. The average molecular weight is 265 g/mol. The summed E-state index contributed by atoms with van der Waals surface area (Å²) in [6.45, 7) is 3.43. The number of nitrogens with one attached hydrogen (secondary N) is 1. The van der Waals surface area contributed by atoms with Gasteiger partial charge in [0.1, 0.15) is 6.20 Å². The molecule has 0 unspecified atom stereocenters. The Morgan fingerprint density at radius 1 is 1.58 bits per heavy atom. The fraction of sp³-hybridized carbons (Fsp3) is 0.667. The van der Waals surface area contributed by atoms with E-state index in [1.54, 1.807) is 0 Å². The smallest absolute Gasteiger partial charge is 0.329 e. The van der Waals surface area contributed by atoms with Gasteiger partial charge in [-0.25, -0.2) is 4.98 Å². The molecule has 0 radical (unpaired) electrons. The van der Waals surface area contributed by atoms with Crippen molar-refractivity contribution in [1.29, 1.82) is 0 Å². The number of nitro groups is 1. The van der Waals surface area contributed by atoms with Gasteiger partial charge in [-0.1, -0.05) is 6.42 Å². The molecule has 0 saturated heterocycles. The zero-order valence-electron chi connectivity index (χ0n) is 11.3. The van der Waals surface area contributed by atoms with Crippen LogP contribution in [0.25, 0.3) is 0 Å². The van der Waals surface area contributed by atoms with Crippen molar-refractivity contribution in [2.45, 2.75) is 26.2 Å². The van der Waals surface area contributed by atoms with E-state index in [-0.39, 0.29) is 5.69 Å². The Morgan fingerprint density at radius 2 is 2.32 bits per heavy atom. The van der Waals surface area contributed by atoms with Crippen LogP contribution in [0, 0.1) is 16.0 Å². The molecule has 0 aromatic carbocycles. The fourth-order valence-electron chi connectivity index (χ4n) is 2.17. The Hall–Kier alpha value is -1.92. The van der Waals surface area contributed by atoms with Gasteiger partial charge in [-0.3, -0.25) is 10.1 Å². The van der Waals surface area contributed by atoms with Crippen LogP contribution in [0.5, 0.6) is 0 Å². The van der Waals surface area contributed by atoms with Crippen LogP contribution in [-0.4, -0.2) is 35.0 Å². The predicted octanol–water partition coefficient (Wildman–Crippen LogP) is 2.05. The first-order valence-electron chi connectivity index (χ1n) is 6.58. The molecular formula is C12H19N5O2. The largest absolute Gasteiger partial charge is 0.354 e. The molecular weight excluding hydrogens is 246 g/mol. The van der Waals surface area contributed by atoms with Crippen LogP contribution in [0.2, 0.25) is 0 Å². The van der Waals surface area contributed by atoms with Crippen LogP contribution >= 0.6 is 0 Å². The molecule has 1 aromatic rings. The highest BCUT2D eigenvalue weighted by atomic mass is 16.6. The van der Waals surface area contributed by atoms with E-state index in [0.29, 0.717) is 24.2 Å². The summed E-state index contributed by atoms with van der Waals surface area (Å²) in [6.07, 6.45) is 4.93. The Kier molecular flexibility index (Phi) is 4.13. The molecule has 0 atom stereocenters. The quantitative estimate of drug-likeness (QED) is 0.626. The van der Waals surface area contributed by atoms with Crippen LogP contribution in [0.3, 0.4) is 0 Å². The van der Waals surface area contributed by atoms with Crippen LogP contribution in [0.15, 0.2) is 6.20 Å². The third kappa shape index (κ3) is 3.10. The zero-order chi connectivity index (χ0) is 13.8. The minimum absolute atomic E-state index is 0.0384. The van der Waals surface area contributed by atoms with E-state index in [9.17, 15) is 10.1 Å². The second-order valence-corrected chi connectivity index (χ2v) is 4.87. The van der Waals surface area contributed by atoms with Gasteiger partial charge in [-0.05, 0) is 25.7 Å². The minimum atomic E-state index is -0.428. The molecule has 7 heteroatoms. The molecule has 0 aliphatic heterocycles. The summed E-state index contributed by atoms with van der Waals surface area (Å²) in [7, 11) is 1.85. The lowest BCUT2D eigenvalue weighted by Gasteiger charge is -2.30. The molecule has 104 valence electrons. The van der Waals surface area contributed by atoms with Gasteiger partial charge in [-0.15, -0.1) is 0 Å². The van der Waals surface area contributed by atoms with Gasteiger partial charge in [0.25, 0.3) is 0 Å². The summed E-state index contributed by atoms with van der Waals surface area (Å²) in [5, 5.41) is 14.0. The number of hydrogen-bond acceptors (Lipinski definition) is 6. The maximum atomic E-state index is 11.0. The lowest BCUT2D eigenvalue weighted by molar-refractivity contribution is -0.384. The normalized spacial score (nSPS) is 14.8. The van der Waals surface area contributed by atoms with Gasteiger partial charge in [0.15, 0.2) is 0 Å². The van der Waals surface area contributed by atoms with E-state index < -0.39 is 4.92 Å². The van der Waals surface area contributed by atoms with Gasteiger partial charge < -0.3 is 10.2 Å². The molecule has 1 aliphatic rings. The lowest BCUT2D eigenvalue weighted by atomic mass is 9.85. The van der Waals surface area contributed by atoms with Gasteiger partial charge >= 0.3 is 5.69 Å². The van der Waals surface area contributed by atoms with Gasteiger partial charge in [0, 0.05) is 20.1 Å². The van der Waals surface area contributed by atoms with Crippen molar-refractivity contribution in [1.82, 2.24) is 9.97 Å². The molecule has 1 N–H and O–H groups in total. The van der Waals surface area contributed by atoms with Gasteiger partial charge in [0.05, 0.1) is 4.92 Å². The highest BCUT2D eigenvalue weighted by molar-refractivity contribution is 5.58. The molecule has 1 aliphatic carbocycles. The third-order valence-electron chi connectivity index (χ3n) is 3.40. The zero-order valence-corrected chi connectivity index (χ0v) is 11.3. The van der Waals surface area contributed by atoms with E-state index in [0.717, 1.165) is 6.54 Å². The highest BCUT2D eigenvalue weighted by Crippen LogP contribution is 2.31. The number of aromatic nitrogens is 2. The topological polar surface area (TPSA) is 84.2 Å². The number of rotatable bonds is 6. The van der Waals surface area contributed by atoms with Crippen molar-refractivity contribution in [2.75, 3.05) is 30.4 Å². The van der Waals surface area contributed by atoms with Crippen LogP contribution in [0.1, 0.15) is 26.2 Å². The summed E-state index contributed by atoms with van der Waals surface area (Å²) >= 11 is 0. The van der Waals surface area contributed by atoms with E-state index in [4.69, 9.17) is 0 Å². The van der Waals surface area contributed by atoms with Crippen molar-refractivity contribution in [3.63, 3.8) is 0 Å². The summed E-state index contributed by atoms with van der Waals surface area (Å²) in [4.78, 5) is 20.7. The van der Waals surface area contributed by atoms with E-state index >= 15 is 0 Å². The standard InChI is InChI=1S/C12H19N5O2/c1-3-13-12-14-7-10(17(18)19)11(15-12)16(2)8-9-5-4-6-9/h7,9H,3-6,8H2,1-2H3,(H,13,14,15). The summed E-state index contributed by atoms with van der Waals surface area (Å²) in [6, 6.07) is 0. The second-order valence-electron chi connectivity index (χ2n) is 4.87. The summed E-state index contributed by atoms with van der Waals surface area (Å²) < 4.78 is 0. The predicted molar refractivity (Wildman–Crippen MR) is 73.5 cm³/mol. The third-order valence-corrected chi connectivity index (χ3v) is 3.40. The van der Waals surface area contributed by atoms with Crippen molar-refractivity contribution >= 4 is 17.5 Å². The molecule has 19 heavy (non-hydrogen) atoms. The molecule has 0 amide bonds. The van der Waals surface area contributed by atoms with E-state index in [2.05, 4.69) is 15.3 Å². The van der Waals surface area contributed by atoms with Crippen molar-refractivity contribution in [2.24, 2.45) is 5.92 Å². The molecule has 2 rings (SSSR count). The van der Waals surface area contributed by atoms with Crippen LogP contribution < -0.4 is 10.2 Å². The lowest BCUT2D eigenvalue weighted by Crippen LogP contribution is -2.30. The average Bonchev–Trinajstić information content (AvgIpc) is 2.33. The van der Waals surface area contributed by atoms with Crippen molar-refractivity contribution < 1.29 is 4.92 Å². The molecule has 0 bridgehead atoms. The van der Waals surface area contributed by atoms with Gasteiger partial charge in [0.2, 0.25) is 11.8 Å². The molecule has 1 heterocycles. The first kappa shape index (κ1) is 13.5. The highest BCUT2D eigenvalue weighted by Gasteiger charge is 2.25. The van der Waals surface area contributed by atoms with E-state index in [1.165, 1.54) is 25.5 Å².